The molecular weight excluding hydrogens is 635 g/mol. The minimum atomic E-state index is -5.12. The maximum atomic E-state index is 14.1. The number of nitrogens with zero attached hydrogens (tertiary/aromatic N) is 3. The Labute approximate surface area is 266 Å². The van der Waals surface area contributed by atoms with Crippen molar-refractivity contribution in [1.29, 1.82) is 0 Å². The summed E-state index contributed by atoms with van der Waals surface area (Å²) in [5.41, 5.74) is -4.05. The predicted molar refractivity (Wildman–Crippen MR) is 158 cm³/mol. The Morgan fingerprint density at radius 2 is 1.53 bits per heavy atom. The van der Waals surface area contributed by atoms with E-state index in [0.717, 1.165) is 4.90 Å². The molecule has 2 heterocycles. The van der Waals surface area contributed by atoms with Crippen LogP contribution in [0, 0.1) is 12.7 Å². The van der Waals surface area contributed by atoms with Gasteiger partial charge in [0.1, 0.15) is 11.9 Å². The molecule has 0 saturated carbocycles. The zero-order chi connectivity index (χ0) is 35.2. The van der Waals surface area contributed by atoms with Crippen molar-refractivity contribution in [3.8, 4) is 11.1 Å². The van der Waals surface area contributed by atoms with E-state index in [2.05, 4.69) is 4.98 Å². The zero-order valence-corrected chi connectivity index (χ0v) is 26.3. The van der Waals surface area contributed by atoms with Crippen molar-refractivity contribution in [3.05, 3.63) is 82.4 Å². The molecule has 2 amide bonds. The first kappa shape index (κ1) is 35.4. The molecule has 0 spiro atoms. The Bertz CT molecular complexity index is 1690. The number of benzene rings is 2. The van der Waals surface area contributed by atoms with Crippen LogP contribution in [0.2, 0.25) is 0 Å². The summed E-state index contributed by atoms with van der Waals surface area (Å²) in [6.07, 6.45) is -9.07. The summed E-state index contributed by atoms with van der Waals surface area (Å²) in [4.78, 5) is 46.3. The van der Waals surface area contributed by atoms with Gasteiger partial charge in [0.2, 0.25) is 11.8 Å². The normalized spacial score (nSPS) is 17.2. The van der Waals surface area contributed by atoms with E-state index >= 15 is 0 Å². The van der Waals surface area contributed by atoms with E-state index in [0.29, 0.717) is 28.8 Å². The van der Waals surface area contributed by atoms with Gasteiger partial charge in [-0.1, -0.05) is 6.07 Å². The third-order valence-corrected chi connectivity index (χ3v) is 8.39. The number of pyridine rings is 1. The first-order valence-electron chi connectivity index (χ1n) is 14.4. The molecule has 3 aromatic rings. The number of ether oxygens (including phenoxy) is 1. The fourth-order valence-electron chi connectivity index (χ4n) is 5.73. The molecule has 47 heavy (non-hydrogen) atoms. The average Bonchev–Trinajstić information content (AvgIpc) is 3.28. The predicted octanol–water partition coefficient (Wildman–Crippen LogP) is 7.05. The summed E-state index contributed by atoms with van der Waals surface area (Å²) in [7, 11) is 2.74. The van der Waals surface area contributed by atoms with Gasteiger partial charge in [-0.05, 0) is 80.8 Å². The van der Waals surface area contributed by atoms with Crippen LogP contribution in [0.5, 0.6) is 0 Å². The molecule has 7 nitrogen and oxygen atoms in total. The van der Waals surface area contributed by atoms with E-state index in [1.54, 1.807) is 13.8 Å². The first-order valence-corrected chi connectivity index (χ1v) is 14.4. The molecule has 0 bridgehead atoms. The number of likely N-dealkylation sites (N-methyl/N-ethyl adjacent to an activating group) is 2. The summed E-state index contributed by atoms with van der Waals surface area (Å²) in [5.74, 6) is -3.18. The number of aromatic nitrogens is 1. The molecule has 0 aliphatic carbocycles. The maximum Gasteiger partial charge on any atom is 0.416 e. The summed E-state index contributed by atoms with van der Waals surface area (Å²) in [6, 6.07) is 5.38. The summed E-state index contributed by atoms with van der Waals surface area (Å²) in [6.45, 7) is 5.69. The van der Waals surface area contributed by atoms with Crippen molar-refractivity contribution in [2.24, 2.45) is 0 Å². The molecule has 14 heteroatoms. The second-order valence-corrected chi connectivity index (χ2v) is 11.9. The van der Waals surface area contributed by atoms with Gasteiger partial charge in [0, 0.05) is 37.7 Å². The van der Waals surface area contributed by atoms with Gasteiger partial charge >= 0.3 is 18.3 Å². The van der Waals surface area contributed by atoms with Crippen LogP contribution in [-0.2, 0) is 36.9 Å². The smallest absolute Gasteiger partial charge is 0.416 e. The van der Waals surface area contributed by atoms with Crippen LogP contribution in [0.25, 0.3) is 11.1 Å². The van der Waals surface area contributed by atoms with Crippen LogP contribution in [0.1, 0.15) is 61.1 Å². The van der Waals surface area contributed by atoms with Crippen LogP contribution in [0.4, 0.5) is 36.4 Å². The molecule has 1 aliphatic heterocycles. The lowest BCUT2D eigenvalue weighted by Crippen LogP contribution is -2.42. The number of alkyl halides is 6. The molecule has 2 atom stereocenters. The molecule has 1 aliphatic rings. The van der Waals surface area contributed by atoms with E-state index in [9.17, 15) is 45.1 Å². The van der Waals surface area contributed by atoms with Crippen molar-refractivity contribution in [2.75, 3.05) is 25.6 Å². The van der Waals surface area contributed by atoms with Crippen molar-refractivity contribution in [1.82, 2.24) is 9.88 Å². The highest BCUT2D eigenvalue weighted by molar-refractivity contribution is 6.03. The number of carbonyl (C=O) groups is 3. The molecule has 0 radical (unpaired) electrons. The van der Waals surface area contributed by atoms with E-state index in [1.165, 1.54) is 63.3 Å². The number of carbonyl (C=O) groups excluding carboxylic acids is 3. The summed E-state index contributed by atoms with van der Waals surface area (Å²) < 4.78 is 101. The van der Waals surface area contributed by atoms with Gasteiger partial charge < -0.3 is 14.5 Å². The van der Waals surface area contributed by atoms with Gasteiger partial charge in [-0.25, -0.2) is 9.18 Å². The van der Waals surface area contributed by atoms with Crippen molar-refractivity contribution >= 4 is 23.5 Å². The van der Waals surface area contributed by atoms with E-state index in [-0.39, 0.29) is 36.4 Å². The third kappa shape index (κ3) is 6.96. The first-order chi connectivity index (χ1) is 21.7. The number of rotatable bonds is 7. The SMILES string of the molecule is CCOC(=O)C1C(c2cc(-c3ccc(F)cc3C)c(N(C)C(=O)C(C)(C)c3cc(C(F)(F)F)cc(C(F)(F)F)c3)cn2)CC(=O)N1C. The highest BCUT2D eigenvalue weighted by atomic mass is 19.4. The molecule has 252 valence electrons. The van der Waals surface area contributed by atoms with Crippen molar-refractivity contribution < 1.29 is 49.9 Å². The minimum Gasteiger partial charge on any atom is -0.464 e. The van der Waals surface area contributed by atoms with E-state index in [4.69, 9.17) is 4.74 Å². The molecule has 1 saturated heterocycles. The third-order valence-electron chi connectivity index (χ3n) is 8.39. The number of halogens is 7. The van der Waals surface area contributed by atoms with Crippen LogP contribution in [-0.4, -0.2) is 54.4 Å². The quantitative estimate of drug-likeness (QED) is 0.199. The molecule has 2 aromatic carbocycles. The summed E-state index contributed by atoms with van der Waals surface area (Å²) >= 11 is 0. The van der Waals surface area contributed by atoms with Crippen LogP contribution in [0.3, 0.4) is 0 Å². The van der Waals surface area contributed by atoms with E-state index in [1.807, 2.05) is 0 Å². The van der Waals surface area contributed by atoms with Gasteiger partial charge in [-0.15, -0.1) is 0 Å². The maximum absolute atomic E-state index is 14.1. The Kier molecular flexibility index (Phi) is 9.49. The molecule has 1 aromatic heterocycles. The highest BCUT2D eigenvalue weighted by Gasteiger charge is 2.45. The number of hydrogen-bond acceptors (Lipinski definition) is 5. The summed E-state index contributed by atoms with van der Waals surface area (Å²) in [5, 5.41) is 0. The molecular formula is C33H32F7N3O4. The topological polar surface area (TPSA) is 79.8 Å². The number of anilines is 1. The number of likely N-dealkylation sites (tertiary alicyclic amines) is 1. The van der Waals surface area contributed by atoms with Gasteiger partial charge in [-0.3, -0.25) is 14.6 Å². The molecule has 1 fully saturated rings. The molecule has 4 rings (SSSR count). The highest BCUT2D eigenvalue weighted by Crippen LogP contribution is 2.42. The van der Waals surface area contributed by atoms with Crippen LogP contribution >= 0.6 is 0 Å². The van der Waals surface area contributed by atoms with Crippen molar-refractivity contribution in [2.45, 2.75) is 63.8 Å². The van der Waals surface area contributed by atoms with Gasteiger partial charge in [0.15, 0.2) is 0 Å². The lowest BCUT2D eigenvalue weighted by atomic mass is 9.81. The Morgan fingerprint density at radius 1 is 0.957 bits per heavy atom. The number of amides is 2. The van der Waals surface area contributed by atoms with Crippen molar-refractivity contribution in [3.63, 3.8) is 0 Å². The van der Waals surface area contributed by atoms with E-state index < -0.39 is 64.1 Å². The second-order valence-electron chi connectivity index (χ2n) is 11.9. The lowest BCUT2D eigenvalue weighted by molar-refractivity contribution is -0.151. The van der Waals surface area contributed by atoms with Gasteiger partial charge in [-0.2, -0.15) is 26.3 Å². The largest absolute Gasteiger partial charge is 0.464 e. The second kappa shape index (κ2) is 12.6. The monoisotopic (exact) mass is 667 g/mol. The zero-order valence-electron chi connectivity index (χ0n) is 26.3. The number of hydrogen-bond donors (Lipinski definition) is 0. The Balaban J connectivity index is 1.86. The van der Waals surface area contributed by atoms with Gasteiger partial charge in [0.05, 0.1) is 35.0 Å². The minimum absolute atomic E-state index is 0.0133. The molecule has 0 N–H and O–H groups in total. The number of esters is 1. The number of aryl methyl sites for hydroxylation is 1. The van der Waals surface area contributed by atoms with Crippen LogP contribution in [0.15, 0.2) is 48.7 Å². The Hall–Kier alpha value is -4.49. The fraction of sp³-hybridized carbons (Fsp3) is 0.394. The standard InChI is InChI=1S/C33H32F7N3O4/c1-7-47-29(45)28-24(15-27(44)43(28)6)25-14-23(22-9-8-21(34)10-17(22)2)26(16-41-25)42(5)30(46)31(3,4)18-11-19(32(35,36)37)13-20(12-18)33(38,39)40/h8-14,16,24,28H,7,15H2,1-6H3. The van der Waals surface area contributed by atoms with Crippen LogP contribution < -0.4 is 4.90 Å². The molecule has 2 unspecified atom stereocenters. The van der Waals surface area contributed by atoms with Gasteiger partial charge in [0.25, 0.3) is 0 Å². The average molecular weight is 668 g/mol. The Morgan fingerprint density at radius 3 is 2.06 bits per heavy atom. The lowest BCUT2D eigenvalue weighted by Gasteiger charge is -2.32. The fourth-order valence-corrected chi connectivity index (χ4v) is 5.73.